The third kappa shape index (κ3) is 5.08. The van der Waals surface area contributed by atoms with E-state index in [0.717, 1.165) is 0 Å². The van der Waals surface area contributed by atoms with Crippen molar-refractivity contribution in [1.29, 1.82) is 0 Å². The zero-order chi connectivity index (χ0) is 30.1. The summed E-state index contributed by atoms with van der Waals surface area (Å²) in [6.07, 6.45) is 3.50. The monoisotopic (exact) mass is 527 g/mol. The Balaban J connectivity index is 1.58. The zero-order valence-corrected chi connectivity index (χ0v) is 22.9. The molecule has 2 fully saturated rings. The lowest BCUT2D eigenvalue weighted by Gasteiger charge is -2.56. The Bertz CT molecular complexity index is 1560. The van der Waals surface area contributed by atoms with Gasteiger partial charge in [0.1, 0.15) is 11.5 Å². The van der Waals surface area contributed by atoms with Crippen molar-refractivity contribution in [3.05, 3.63) is 46.0 Å². The van der Waals surface area contributed by atoms with E-state index in [0.29, 0.717) is 22.5 Å². The lowest BCUT2D eigenvalue weighted by Crippen LogP contribution is -2.74. The summed E-state index contributed by atoms with van der Waals surface area (Å²) >= 11 is 0. The van der Waals surface area contributed by atoms with Gasteiger partial charge in [-0.05, 0) is 42.2 Å². The van der Waals surface area contributed by atoms with Crippen LogP contribution in [0.5, 0.6) is 0 Å². The molecule has 16 radical (unpaired) electrons. The Morgan fingerprint density at radius 2 is 1.59 bits per heavy atom. The zero-order valence-electron chi connectivity index (χ0n) is 22.9. The predicted molar refractivity (Wildman–Crippen MR) is 167 cm³/mol. The molecule has 17 heteroatoms. The molecular weight excluding hydrogens is 505 g/mol. The Hall–Kier alpha value is -2.81. The molecule has 3 aromatic heterocycles. The summed E-state index contributed by atoms with van der Waals surface area (Å²) in [7, 11) is 50.5. The van der Waals surface area contributed by atoms with Crippen LogP contribution in [0.1, 0.15) is 41.7 Å². The third-order valence-electron chi connectivity index (χ3n) is 7.72. The van der Waals surface area contributed by atoms with Gasteiger partial charge in [-0.15, -0.1) is 0 Å². The van der Waals surface area contributed by atoms with E-state index in [9.17, 15) is 9.59 Å². The molecule has 2 aliphatic rings. The van der Waals surface area contributed by atoms with Gasteiger partial charge in [-0.1, -0.05) is 23.3 Å². The van der Waals surface area contributed by atoms with E-state index in [1.54, 1.807) is 19.1 Å². The van der Waals surface area contributed by atoms with E-state index in [2.05, 4.69) is 25.6 Å². The van der Waals surface area contributed by atoms with Crippen LogP contribution in [0.2, 0.25) is 10.4 Å². The highest BCUT2D eigenvalue weighted by Crippen LogP contribution is 2.59. The summed E-state index contributed by atoms with van der Waals surface area (Å²) in [5, 5.41) is 0.859. The van der Waals surface area contributed by atoms with Crippen LogP contribution in [0.25, 0.3) is 11.0 Å². The summed E-state index contributed by atoms with van der Waals surface area (Å²) in [5.41, 5.74) is 0.384. The lowest BCUT2D eigenvalue weighted by atomic mass is 9.43. The van der Waals surface area contributed by atoms with Crippen molar-refractivity contribution in [3.63, 3.8) is 0 Å². The average molecular weight is 526 g/mol. The van der Waals surface area contributed by atoms with Crippen molar-refractivity contribution in [2.45, 2.75) is 53.8 Å². The summed E-state index contributed by atoms with van der Waals surface area (Å²) in [5.74, 6) is 0.0158. The number of piperazine rings is 1. The maximum Gasteiger partial charge on any atom is 0.263 e. The van der Waals surface area contributed by atoms with Gasteiger partial charge in [0.2, 0.25) is 5.95 Å². The lowest BCUT2D eigenvalue weighted by molar-refractivity contribution is 0.101. The topological polar surface area (TPSA) is 105 Å². The van der Waals surface area contributed by atoms with Crippen molar-refractivity contribution >= 4 is 97.0 Å². The van der Waals surface area contributed by atoms with E-state index in [-0.39, 0.29) is 43.1 Å². The Morgan fingerprint density at radius 1 is 0.976 bits per heavy atom. The van der Waals surface area contributed by atoms with Crippen molar-refractivity contribution < 1.29 is 4.79 Å². The number of nitrogens with zero attached hydrogens (tertiary/aromatic N) is 5. The molecule has 0 aromatic carbocycles. The van der Waals surface area contributed by atoms with Crippen molar-refractivity contribution in [2.24, 2.45) is 0 Å². The average Bonchev–Trinajstić information content (AvgIpc) is 3.06. The van der Waals surface area contributed by atoms with E-state index < -0.39 is 38.5 Å². The van der Waals surface area contributed by atoms with Gasteiger partial charge < -0.3 is 15.5 Å². The van der Waals surface area contributed by atoms with Crippen LogP contribution in [0, 0.1) is 6.92 Å². The van der Waals surface area contributed by atoms with Crippen LogP contribution in [0.4, 0.5) is 17.5 Å². The second kappa shape index (κ2) is 9.89. The number of ketones is 1. The molecule has 41 heavy (non-hydrogen) atoms. The number of fused-ring (bicyclic) bond motifs is 1. The highest BCUT2D eigenvalue weighted by atomic mass is 16.1. The Labute approximate surface area is 249 Å². The number of carbonyl (C=O) groups excluding carboxylic acids is 1. The van der Waals surface area contributed by atoms with Crippen molar-refractivity contribution in [2.75, 3.05) is 23.3 Å². The number of rotatable bonds is 5. The molecule has 0 unspecified atom stereocenters. The maximum absolute atomic E-state index is 13.7. The van der Waals surface area contributed by atoms with E-state index in [4.69, 9.17) is 62.8 Å². The fraction of sp³-hybridized carbons (Fsp3) is 0.458. The molecule has 9 nitrogen and oxygen atoms in total. The first kappa shape index (κ1) is 29.7. The molecular formula is C24H21B8N7O2. The second-order valence-electron chi connectivity index (χ2n) is 11.2. The number of Topliss-reactive ketones (excluding diaryl/α,β-unsaturated/α-hetero) is 1. The molecule has 5 rings (SSSR count). The maximum atomic E-state index is 13.7. The minimum Gasteiger partial charge on any atom is -0.391 e. The molecule has 1 saturated heterocycles. The number of carbonyl (C=O) groups is 1. The normalized spacial score (nSPS) is 21.1. The molecule has 0 amide bonds. The molecule has 0 spiro atoms. The molecule has 0 atom stereocenters. The first-order chi connectivity index (χ1) is 19.0. The Morgan fingerprint density at radius 3 is 2.12 bits per heavy atom. The van der Waals surface area contributed by atoms with Crippen LogP contribution in [0.3, 0.4) is 0 Å². The molecule has 3 aromatic rings. The van der Waals surface area contributed by atoms with Crippen LogP contribution in [0.15, 0.2) is 29.3 Å². The Kier molecular flexibility index (Phi) is 7.16. The van der Waals surface area contributed by atoms with Gasteiger partial charge in [0, 0.05) is 30.7 Å². The number of aromatic nitrogens is 4. The van der Waals surface area contributed by atoms with Gasteiger partial charge in [-0.25, -0.2) is 9.97 Å². The standard InChI is InChI=1S/C24H21B8N7O2/c1-11-14-8-35-20(36-15-4-3-13(7-34-15)39-23(29,30)9-33-10-24(39,31)32)37-17(14)38(18(41)16(11)12(2)40)19-21(25,26)5-6-22(19,27)28/h3-4,7-8,19,33H,5-6,9-10H2,1-2H3,(H,34,35,36,37). The summed E-state index contributed by atoms with van der Waals surface area (Å²) in [6.45, 7) is 3.45. The molecule has 0 bridgehead atoms. The predicted octanol–water partition coefficient (Wildman–Crippen LogP) is -0.926. The first-order valence-corrected chi connectivity index (χ1v) is 12.9. The first-order valence-electron chi connectivity index (χ1n) is 12.9. The number of pyridine rings is 2. The van der Waals surface area contributed by atoms with E-state index >= 15 is 0 Å². The van der Waals surface area contributed by atoms with Gasteiger partial charge in [0.25, 0.3) is 5.56 Å². The van der Waals surface area contributed by atoms with Crippen LogP contribution in [-0.2, 0) is 0 Å². The minimum atomic E-state index is -1.44. The highest BCUT2D eigenvalue weighted by molar-refractivity contribution is 6.48. The number of hydrogen-bond acceptors (Lipinski definition) is 8. The molecule has 1 aliphatic carbocycles. The van der Waals surface area contributed by atoms with Crippen LogP contribution >= 0.6 is 0 Å². The smallest absolute Gasteiger partial charge is 0.263 e. The largest absolute Gasteiger partial charge is 0.391 e. The summed E-state index contributed by atoms with van der Waals surface area (Å²) in [6, 6.07) is 2.26. The van der Waals surface area contributed by atoms with Gasteiger partial charge in [-0.3, -0.25) is 14.2 Å². The minimum absolute atomic E-state index is 0.0442. The summed E-state index contributed by atoms with van der Waals surface area (Å²) < 4.78 is 1.23. The number of anilines is 3. The van der Waals surface area contributed by atoms with Gasteiger partial charge in [0.05, 0.1) is 80.2 Å². The van der Waals surface area contributed by atoms with E-state index in [1.807, 2.05) is 0 Å². The fourth-order valence-corrected chi connectivity index (χ4v) is 5.93. The quantitative estimate of drug-likeness (QED) is 0.325. The van der Waals surface area contributed by atoms with Gasteiger partial charge >= 0.3 is 0 Å². The van der Waals surface area contributed by atoms with E-state index in [1.165, 1.54) is 28.8 Å². The number of hydrogen-bond donors (Lipinski definition) is 2. The number of aryl methyl sites for hydroxylation is 1. The molecule has 2 N–H and O–H groups in total. The fourth-order valence-electron chi connectivity index (χ4n) is 5.93. The van der Waals surface area contributed by atoms with Crippen LogP contribution in [-0.4, -0.2) is 112 Å². The molecule has 1 saturated carbocycles. The SMILES string of the molecule is [B]C1([B])CCC([B])([B])C1n1c(=O)c(C(C)=O)c(C)c2cnc(Nc3ccc(N4C([B])([B])CNCC4([B])[B])cn3)nc21. The molecule has 188 valence electrons. The highest BCUT2D eigenvalue weighted by Gasteiger charge is 2.47. The number of nitrogens with one attached hydrogen (secondary N) is 2. The van der Waals surface area contributed by atoms with Crippen LogP contribution < -0.4 is 21.1 Å². The third-order valence-corrected chi connectivity index (χ3v) is 7.72. The molecule has 1 aliphatic heterocycles. The van der Waals surface area contributed by atoms with Gasteiger partial charge in [-0.2, -0.15) is 4.98 Å². The van der Waals surface area contributed by atoms with Crippen molar-refractivity contribution in [1.82, 2.24) is 24.8 Å². The summed E-state index contributed by atoms with van der Waals surface area (Å²) in [4.78, 5) is 41.1. The second-order valence-corrected chi connectivity index (χ2v) is 11.2. The van der Waals surface area contributed by atoms with Gasteiger partial charge in [0.15, 0.2) is 5.78 Å². The van der Waals surface area contributed by atoms with Crippen molar-refractivity contribution in [3.8, 4) is 0 Å². The molecule has 4 heterocycles.